The molecule has 0 saturated carbocycles. The molecule has 8 heteroatoms. The number of nitrogens with zero attached hydrogens (tertiary/aromatic N) is 1. The number of sulfonamides is 1. The van der Waals surface area contributed by atoms with Crippen molar-refractivity contribution in [1.29, 1.82) is 0 Å². The summed E-state index contributed by atoms with van der Waals surface area (Å²) in [5.41, 5.74) is 1.07. The van der Waals surface area contributed by atoms with E-state index in [4.69, 9.17) is 5.11 Å². The highest BCUT2D eigenvalue weighted by molar-refractivity contribution is 7.89. The van der Waals surface area contributed by atoms with E-state index in [9.17, 15) is 18.0 Å². The third-order valence-electron chi connectivity index (χ3n) is 4.44. The van der Waals surface area contributed by atoms with Gasteiger partial charge >= 0.3 is 5.97 Å². The van der Waals surface area contributed by atoms with Crippen LogP contribution in [0.4, 0.5) is 5.69 Å². The minimum atomic E-state index is -3.57. The van der Waals surface area contributed by atoms with Crippen molar-refractivity contribution in [3.63, 3.8) is 0 Å². The average Bonchev–Trinajstić information content (AvgIpc) is 3.22. The van der Waals surface area contributed by atoms with Gasteiger partial charge in [0.1, 0.15) is 0 Å². The molecule has 0 atom stereocenters. The first-order valence-electron chi connectivity index (χ1n) is 8.58. The van der Waals surface area contributed by atoms with E-state index in [0.29, 0.717) is 24.3 Å². The van der Waals surface area contributed by atoms with E-state index in [1.165, 1.54) is 28.6 Å². The number of hydrogen-bond acceptors (Lipinski definition) is 5. The SMILES string of the molecule is O=C(O)c1ccc(NCC(=O)c2cccc(S(=O)(=O)N3CCCC3)c2)cc1. The number of carboxylic acid groups (broad SMARTS) is 1. The molecule has 2 aromatic carbocycles. The molecule has 0 amide bonds. The van der Waals surface area contributed by atoms with Crippen LogP contribution in [0.15, 0.2) is 53.4 Å². The quantitative estimate of drug-likeness (QED) is 0.706. The van der Waals surface area contributed by atoms with Crippen molar-refractivity contribution in [2.24, 2.45) is 0 Å². The van der Waals surface area contributed by atoms with Crippen LogP contribution in [0.3, 0.4) is 0 Å². The zero-order valence-corrected chi connectivity index (χ0v) is 15.4. The maximum atomic E-state index is 12.6. The van der Waals surface area contributed by atoms with Crippen LogP contribution >= 0.6 is 0 Å². The Kier molecular flexibility index (Phi) is 5.57. The number of carboxylic acids is 1. The third kappa shape index (κ3) is 4.35. The van der Waals surface area contributed by atoms with Gasteiger partial charge < -0.3 is 10.4 Å². The molecule has 0 aromatic heterocycles. The van der Waals surface area contributed by atoms with E-state index < -0.39 is 16.0 Å². The van der Waals surface area contributed by atoms with Crippen molar-refractivity contribution in [3.05, 3.63) is 59.7 Å². The molecular weight excluding hydrogens is 368 g/mol. The monoisotopic (exact) mass is 388 g/mol. The molecule has 2 N–H and O–H groups in total. The Hall–Kier alpha value is -2.71. The summed E-state index contributed by atoms with van der Waals surface area (Å²) in [4.78, 5) is 23.4. The van der Waals surface area contributed by atoms with E-state index in [-0.39, 0.29) is 22.8 Å². The second-order valence-electron chi connectivity index (χ2n) is 6.30. The Labute approximate surface area is 157 Å². The van der Waals surface area contributed by atoms with Crippen LogP contribution in [-0.2, 0) is 10.0 Å². The maximum absolute atomic E-state index is 12.6. The molecule has 3 rings (SSSR count). The van der Waals surface area contributed by atoms with Gasteiger partial charge in [-0.1, -0.05) is 12.1 Å². The van der Waals surface area contributed by atoms with Crippen molar-refractivity contribution >= 4 is 27.5 Å². The number of carbonyl (C=O) groups is 2. The van der Waals surface area contributed by atoms with Gasteiger partial charge in [-0.25, -0.2) is 13.2 Å². The van der Waals surface area contributed by atoms with Gasteiger partial charge in [0.25, 0.3) is 0 Å². The third-order valence-corrected chi connectivity index (χ3v) is 6.34. The predicted octanol–water partition coefficient (Wildman–Crippen LogP) is 2.46. The second-order valence-corrected chi connectivity index (χ2v) is 8.24. The number of rotatable bonds is 7. The van der Waals surface area contributed by atoms with Crippen LogP contribution in [-0.4, -0.2) is 49.2 Å². The van der Waals surface area contributed by atoms with Crippen LogP contribution in [0.1, 0.15) is 33.6 Å². The van der Waals surface area contributed by atoms with Gasteiger partial charge in [0.15, 0.2) is 5.78 Å². The number of benzene rings is 2. The number of nitrogens with one attached hydrogen (secondary N) is 1. The van der Waals surface area contributed by atoms with Gasteiger partial charge in [0.05, 0.1) is 17.0 Å². The first kappa shape index (κ1) is 19.1. The Morgan fingerprint density at radius 1 is 1.00 bits per heavy atom. The van der Waals surface area contributed by atoms with Gasteiger partial charge in [0.2, 0.25) is 10.0 Å². The summed E-state index contributed by atoms with van der Waals surface area (Å²) in [6.07, 6.45) is 1.70. The maximum Gasteiger partial charge on any atom is 0.335 e. The van der Waals surface area contributed by atoms with Crippen LogP contribution < -0.4 is 5.32 Å². The molecule has 0 aliphatic carbocycles. The fraction of sp³-hybridized carbons (Fsp3) is 0.263. The second kappa shape index (κ2) is 7.89. The fourth-order valence-electron chi connectivity index (χ4n) is 2.92. The lowest BCUT2D eigenvalue weighted by molar-refractivity contribution is 0.0696. The first-order chi connectivity index (χ1) is 12.9. The molecule has 1 saturated heterocycles. The number of anilines is 1. The van der Waals surface area contributed by atoms with Gasteiger partial charge in [-0.15, -0.1) is 0 Å². The van der Waals surface area contributed by atoms with Gasteiger partial charge in [-0.05, 0) is 49.2 Å². The molecule has 0 bridgehead atoms. The molecule has 7 nitrogen and oxygen atoms in total. The standard InChI is InChI=1S/C19H20N2O5S/c22-18(13-20-16-8-6-14(7-9-16)19(23)24)15-4-3-5-17(12-15)27(25,26)21-10-1-2-11-21/h3-9,12,20H,1-2,10-11,13H2,(H,23,24). The number of hydrogen-bond donors (Lipinski definition) is 2. The van der Waals surface area contributed by atoms with Crippen molar-refractivity contribution in [2.45, 2.75) is 17.7 Å². The van der Waals surface area contributed by atoms with Crippen LogP contribution in [0, 0.1) is 0 Å². The molecule has 142 valence electrons. The molecule has 1 heterocycles. The molecule has 0 radical (unpaired) electrons. The fourth-order valence-corrected chi connectivity index (χ4v) is 4.49. The smallest absolute Gasteiger partial charge is 0.335 e. The predicted molar refractivity (Wildman–Crippen MR) is 101 cm³/mol. The molecule has 1 fully saturated rings. The minimum absolute atomic E-state index is 0.0281. The summed E-state index contributed by atoms with van der Waals surface area (Å²) in [5, 5.41) is 11.8. The van der Waals surface area contributed by atoms with Crippen molar-refractivity contribution in [2.75, 3.05) is 25.0 Å². The van der Waals surface area contributed by atoms with E-state index in [1.54, 1.807) is 24.3 Å². The van der Waals surface area contributed by atoms with E-state index in [2.05, 4.69) is 5.32 Å². The van der Waals surface area contributed by atoms with E-state index in [0.717, 1.165) is 12.8 Å². The first-order valence-corrected chi connectivity index (χ1v) is 10.0. The molecule has 0 unspecified atom stereocenters. The van der Waals surface area contributed by atoms with Crippen molar-refractivity contribution < 1.29 is 23.1 Å². The number of ketones is 1. The lowest BCUT2D eigenvalue weighted by atomic mass is 10.1. The summed E-state index contributed by atoms with van der Waals surface area (Å²) in [5.74, 6) is -1.27. The Bertz CT molecular complexity index is 948. The number of Topliss-reactive ketones (excluding diaryl/α,β-unsaturated/α-hetero) is 1. The molecule has 0 spiro atoms. The van der Waals surface area contributed by atoms with Crippen molar-refractivity contribution in [3.8, 4) is 0 Å². The lowest BCUT2D eigenvalue weighted by Crippen LogP contribution is -2.28. The van der Waals surface area contributed by atoms with E-state index in [1.807, 2.05) is 0 Å². The topological polar surface area (TPSA) is 104 Å². The van der Waals surface area contributed by atoms with Crippen LogP contribution in [0.2, 0.25) is 0 Å². The van der Waals surface area contributed by atoms with Crippen LogP contribution in [0.5, 0.6) is 0 Å². The molecule has 2 aromatic rings. The van der Waals surface area contributed by atoms with E-state index >= 15 is 0 Å². The highest BCUT2D eigenvalue weighted by Gasteiger charge is 2.27. The van der Waals surface area contributed by atoms with Gasteiger partial charge in [-0.2, -0.15) is 4.31 Å². The Balaban J connectivity index is 1.69. The zero-order valence-electron chi connectivity index (χ0n) is 14.6. The molecule has 1 aliphatic rings. The summed E-state index contributed by atoms with van der Waals surface area (Å²) >= 11 is 0. The lowest BCUT2D eigenvalue weighted by Gasteiger charge is -2.16. The largest absolute Gasteiger partial charge is 0.478 e. The Morgan fingerprint density at radius 3 is 2.30 bits per heavy atom. The Morgan fingerprint density at radius 2 is 1.67 bits per heavy atom. The molecule has 27 heavy (non-hydrogen) atoms. The van der Waals surface area contributed by atoms with Gasteiger partial charge in [0, 0.05) is 24.3 Å². The van der Waals surface area contributed by atoms with Gasteiger partial charge in [-0.3, -0.25) is 4.79 Å². The van der Waals surface area contributed by atoms with Crippen LogP contribution in [0.25, 0.3) is 0 Å². The van der Waals surface area contributed by atoms with Crippen molar-refractivity contribution in [1.82, 2.24) is 4.31 Å². The normalized spacial score (nSPS) is 14.8. The molecular formula is C19H20N2O5S. The minimum Gasteiger partial charge on any atom is -0.478 e. The molecule has 1 aliphatic heterocycles. The summed E-state index contributed by atoms with van der Waals surface area (Å²) < 4.78 is 26.7. The average molecular weight is 388 g/mol. The highest BCUT2D eigenvalue weighted by Crippen LogP contribution is 2.21. The highest BCUT2D eigenvalue weighted by atomic mass is 32.2. The summed E-state index contributed by atoms with van der Waals surface area (Å²) in [6, 6.07) is 12.1. The summed E-state index contributed by atoms with van der Waals surface area (Å²) in [6.45, 7) is 0.989. The number of carbonyl (C=O) groups excluding carboxylic acids is 1. The summed E-state index contributed by atoms with van der Waals surface area (Å²) in [7, 11) is -3.57. The number of aromatic carboxylic acids is 1. The zero-order chi connectivity index (χ0) is 19.4.